The number of halogens is 1. The van der Waals surface area contributed by atoms with Crippen molar-refractivity contribution in [1.29, 1.82) is 0 Å². The maximum absolute atomic E-state index is 6.00. The molecule has 0 radical (unpaired) electrons. The number of hydrogen-bond acceptors (Lipinski definition) is 3. The van der Waals surface area contributed by atoms with E-state index in [1.807, 2.05) is 17.6 Å². The summed E-state index contributed by atoms with van der Waals surface area (Å²) in [7, 11) is 0. The molecule has 0 fully saturated rings. The maximum Gasteiger partial charge on any atom is 0.243 e. The van der Waals surface area contributed by atoms with Gasteiger partial charge in [0.25, 0.3) is 0 Å². The number of alkyl halides is 1. The Morgan fingerprint density at radius 2 is 2.19 bits per heavy atom. The van der Waals surface area contributed by atoms with Gasteiger partial charge in [0, 0.05) is 16.9 Å². The predicted octanol–water partition coefficient (Wildman–Crippen LogP) is 5.51. The molecule has 0 spiro atoms. The zero-order chi connectivity index (χ0) is 15.0. The van der Waals surface area contributed by atoms with Gasteiger partial charge in [-0.3, -0.25) is 4.40 Å². The highest BCUT2D eigenvalue weighted by Gasteiger charge is 2.14. The molecule has 1 aromatic carbocycles. The molecule has 0 amide bonds. The fourth-order valence-electron chi connectivity index (χ4n) is 2.49. The standard InChI is InChI=1S/C16H17BrN2OS/c1-10(2)13-5-4-12(8-11(13)3)20-15-14(9-17)19-6-7-21-16(19)18-15/h4-8,10H,9H2,1-3H3. The quantitative estimate of drug-likeness (QED) is 0.570. The monoisotopic (exact) mass is 364 g/mol. The van der Waals surface area contributed by atoms with Crippen LogP contribution < -0.4 is 4.74 Å². The summed E-state index contributed by atoms with van der Waals surface area (Å²) in [6.45, 7) is 6.53. The van der Waals surface area contributed by atoms with E-state index >= 15 is 0 Å². The predicted molar refractivity (Wildman–Crippen MR) is 91.0 cm³/mol. The molecular weight excluding hydrogens is 348 g/mol. The summed E-state index contributed by atoms with van der Waals surface area (Å²) < 4.78 is 8.06. The van der Waals surface area contributed by atoms with Crippen molar-refractivity contribution in [2.45, 2.75) is 32.0 Å². The molecule has 0 aliphatic heterocycles. The minimum atomic E-state index is 0.523. The summed E-state index contributed by atoms with van der Waals surface area (Å²) in [6, 6.07) is 6.25. The number of ether oxygens (including phenoxy) is 1. The number of rotatable bonds is 4. The number of nitrogens with zero attached hydrogens (tertiary/aromatic N) is 2. The van der Waals surface area contributed by atoms with Gasteiger partial charge < -0.3 is 4.74 Å². The van der Waals surface area contributed by atoms with Gasteiger partial charge in [0.05, 0.1) is 5.69 Å². The minimum Gasteiger partial charge on any atom is -0.437 e. The van der Waals surface area contributed by atoms with E-state index in [1.165, 1.54) is 11.1 Å². The van der Waals surface area contributed by atoms with E-state index in [1.54, 1.807) is 11.3 Å². The van der Waals surface area contributed by atoms with Crippen LogP contribution >= 0.6 is 27.3 Å². The molecule has 110 valence electrons. The highest BCUT2D eigenvalue weighted by atomic mass is 79.9. The largest absolute Gasteiger partial charge is 0.437 e. The van der Waals surface area contributed by atoms with E-state index in [0.717, 1.165) is 16.4 Å². The summed E-state index contributed by atoms with van der Waals surface area (Å²) in [5.41, 5.74) is 3.65. The Kier molecular flexibility index (Phi) is 4.04. The first kappa shape index (κ1) is 14.6. The van der Waals surface area contributed by atoms with E-state index in [0.29, 0.717) is 17.1 Å². The fourth-order valence-corrected chi connectivity index (χ4v) is 3.72. The third kappa shape index (κ3) is 2.72. The molecular formula is C16H17BrN2OS. The molecule has 0 aliphatic rings. The molecule has 5 heteroatoms. The van der Waals surface area contributed by atoms with Crippen LogP contribution in [0.3, 0.4) is 0 Å². The first-order chi connectivity index (χ1) is 10.1. The van der Waals surface area contributed by atoms with Gasteiger partial charge in [-0.2, -0.15) is 4.98 Å². The Labute approximate surface area is 136 Å². The number of aromatic nitrogens is 2. The van der Waals surface area contributed by atoms with Gasteiger partial charge in [0.2, 0.25) is 5.88 Å². The molecule has 0 saturated heterocycles. The zero-order valence-electron chi connectivity index (χ0n) is 12.3. The van der Waals surface area contributed by atoms with Gasteiger partial charge >= 0.3 is 0 Å². The van der Waals surface area contributed by atoms with E-state index in [9.17, 15) is 0 Å². The number of imidazole rings is 1. The average molecular weight is 365 g/mol. The van der Waals surface area contributed by atoms with E-state index in [2.05, 4.69) is 58.2 Å². The molecule has 0 atom stereocenters. The lowest BCUT2D eigenvalue weighted by atomic mass is 9.98. The highest BCUT2D eigenvalue weighted by Crippen LogP contribution is 2.31. The summed E-state index contributed by atoms with van der Waals surface area (Å²) in [5, 5.41) is 2.74. The van der Waals surface area contributed by atoms with Crippen molar-refractivity contribution in [3.8, 4) is 11.6 Å². The summed E-state index contributed by atoms with van der Waals surface area (Å²) >= 11 is 5.12. The van der Waals surface area contributed by atoms with Crippen LogP contribution in [0.5, 0.6) is 11.6 Å². The Hall–Kier alpha value is -1.33. The summed E-state index contributed by atoms with van der Waals surface area (Å²) in [4.78, 5) is 5.51. The second-order valence-electron chi connectivity index (χ2n) is 5.33. The molecule has 0 aliphatic carbocycles. The molecule has 3 rings (SSSR count). The highest BCUT2D eigenvalue weighted by molar-refractivity contribution is 9.08. The second kappa shape index (κ2) is 5.81. The number of benzene rings is 1. The molecule has 21 heavy (non-hydrogen) atoms. The lowest BCUT2D eigenvalue weighted by Crippen LogP contribution is -1.94. The zero-order valence-corrected chi connectivity index (χ0v) is 14.7. The number of fused-ring (bicyclic) bond motifs is 1. The van der Waals surface area contributed by atoms with Gasteiger partial charge in [-0.1, -0.05) is 35.8 Å². The molecule has 2 aromatic heterocycles. The first-order valence-corrected chi connectivity index (χ1v) is 8.89. The van der Waals surface area contributed by atoms with Crippen molar-refractivity contribution in [3.05, 3.63) is 46.6 Å². The lowest BCUT2D eigenvalue weighted by Gasteiger charge is -2.11. The summed E-state index contributed by atoms with van der Waals surface area (Å²) in [6.07, 6.45) is 2.02. The van der Waals surface area contributed by atoms with Gasteiger partial charge in [-0.05, 0) is 36.1 Å². The third-order valence-corrected chi connectivity index (χ3v) is 4.82. The second-order valence-corrected chi connectivity index (χ2v) is 6.76. The smallest absolute Gasteiger partial charge is 0.243 e. The molecule has 3 nitrogen and oxygen atoms in total. The summed E-state index contributed by atoms with van der Waals surface area (Å²) in [5.74, 6) is 2.04. The lowest BCUT2D eigenvalue weighted by molar-refractivity contribution is 0.461. The Balaban J connectivity index is 1.95. The van der Waals surface area contributed by atoms with Crippen LogP contribution in [0.2, 0.25) is 0 Å². The van der Waals surface area contributed by atoms with E-state index < -0.39 is 0 Å². The first-order valence-electron chi connectivity index (χ1n) is 6.89. The van der Waals surface area contributed by atoms with Crippen LogP contribution in [0.4, 0.5) is 0 Å². The van der Waals surface area contributed by atoms with Crippen molar-refractivity contribution >= 4 is 32.2 Å². The van der Waals surface area contributed by atoms with Crippen LogP contribution in [-0.4, -0.2) is 9.38 Å². The fraction of sp³-hybridized carbons (Fsp3) is 0.312. The number of hydrogen-bond donors (Lipinski definition) is 0. The maximum atomic E-state index is 6.00. The number of thiazole rings is 1. The van der Waals surface area contributed by atoms with Crippen LogP contribution in [0.25, 0.3) is 4.96 Å². The Morgan fingerprint density at radius 3 is 2.86 bits per heavy atom. The molecule has 2 heterocycles. The van der Waals surface area contributed by atoms with Crippen LogP contribution in [0.1, 0.15) is 36.6 Å². The normalized spacial score (nSPS) is 11.5. The third-order valence-electron chi connectivity index (χ3n) is 3.53. The molecule has 0 saturated carbocycles. The van der Waals surface area contributed by atoms with Crippen LogP contribution in [-0.2, 0) is 5.33 Å². The molecule has 0 N–H and O–H groups in total. The minimum absolute atomic E-state index is 0.523. The van der Waals surface area contributed by atoms with E-state index in [4.69, 9.17) is 4.74 Å². The van der Waals surface area contributed by atoms with Crippen molar-refractivity contribution in [2.24, 2.45) is 0 Å². The molecule has 3 aromatic rings. The van der Waals surface area contributed by atoms with Crippen molar-refractivity contribution in [2.75, 3.05) is 0 Å². The van der Waals surface area contributed by atoms with Gasteiger partial charge in [0.1, 0.15) is 5.75 Å². The van der Waals surface area contributed by atoms with Gasteiger partial charge in [-0.15, -0.1) is 11.3 Å². The average Bonchev–Trinajstić information content (AvgIpc) is 2.98. The molecule has 0 bridgehead atoms. The number of aryl methyl sites for hydroxylation is 1. The van der Waals surface area contributed by atoms with E-state index in [-0.39, 0.29) is 0 Å². The SMILES string of the molecule is Cc1cc(Oc2nc3sccn3c2CBr)ccc1C(C)C. The molecule has 0 unspecified atom stereocenters. The van der Waals surface area contributed by atoms with Crippen LogP contribution in [0.15, 0.2) is 29.8 Å². The van der Waals surface area contributed by atoms with Gasteiger partial charge in [0.15, 0.2) is 4.96 Å². The van der Waals surface area contributed by atoms with Crippen molar-refractivity contribution in [3.63, 3.8) is 0 Å². The Morgan fingerprint density at radius 1 is 1.38 bits per heavy atom. The van der Waals surface area contributed by atoms with Crippen LogP contribution in [0, 0.1) is 6.92 Å². The van der Waals surface area contributed by atoms with Crippen molar-refractivity contribution in [1.82, 2.24) is 9.38 Å². The van der Waals surface area contributed by atoms with Crippen molar-refractivity contribution < 1.29 is 4.74 Å². The topological polar surface area (TPSA) is 26.5 Å². The van der Waals surface area contributed by atoms with Gasteiger partial charge in [-0.25, -0.2) is 0 Å². The Bertz CT molecular complexity index is 776.